The van der Waals surface area contributed by atoms with Gasteiger partial charge in [0.25, 0.3) is 0 Å². The van der Waals surface area contributed by atoms with Gasteiger partial charge >= 0.3 is 6.18 Å². The lowest BCUT2D eigenvalue weighted by atomic mass is 9.84. The fourth-order valence-electron chi connectivity index (χ4n) is 3.28. The van der Waals surface area contributed by atoms with Crippen LogP contribution in [0.4, 0.5) is 23.2 Å². The summed E-state index contributed by atoms with van der Waals surface area (Å²) in [6.45, 7) is 3.63. The molecule has 2 aliphatic rings. The number of carbonyl (C=O) groups excluding carboxylic acids is 1. The van der Waals surface area contributed by atoms with E-state index in [2.05, 4.69) is 0 Å². The normalized spacial score (nSPS) is 18.8. The number of hydrogen-bond acceptors (Lipinski definition) is 3. The highest BCUT2D eigenvalue weighted by atomic mass is 32.2. The predicted molar refractivity (Wildman–Crippen MR) is 94.1 cm³/mol. The van der Waals surface area contributed by atoms with E-state index in [1.807, 2.05) is 9.80 Å². The first-order valence-electron chi connectivity index (χ1n) is 8.78. The Kier molecular flexibility index (Phi) is 5.69. The number of carbonyl (C=O) groups is 1. The Balaban J connectivity index is 1.66. The minimum atomic E-state index is -4.26. The van der Waals surface area contributed by atoms with Gasteiger partial charge in [-0.3, -0.25) is 4.79 Å². The maximum Gasteiger partial charge on any atom is 0.398 e. The van der Waals surface area contributed by atoms with Crippen molar-refractivity contribution in [1.82, 2.24) is 4.90 Å². The number of aryl methyl sites for hydroxylation is 1. The monoisotopic (exact) mass is 390 g/mol. The highest BCUT2D eigenvalue weighted by Gasteiger charge is 2.32. The number of anilines is 1. The van der Waals surface area contributed by atoms with Gasteiger partial charge in [-0.1, -0.05) is 6.42 Å². The molecule has 26 heavy (non-hydrogen) atoms. The maximum absolute atomic E-state index is 14.4. The lowest BCUT2D eigenvalue weighted by Crippen LogP contribution is -2.51. The zero-order valence-corrected chi connectivity index (χ0v) is 15.4. The molecule has 0 atom stereocenters. The third-order valence-corrected chi connectivity index (χ3v) is 6.24. The summed E-state index contributed by atoms with van der Waals surface area (Å²) < 4.78 is 51.8. The number of alkyl halides is 3. The van der Waals surface area contributed by atoms with Crippen molar-refractivity contribution >= 4 is 23.4 Å². The molecule has 0 spiro atoms. The quantitative estimate of drug-likeness (QED) is 0.568. The van der Waals surface area contributed by atoms with Crippen LogP contribution in [-0.4, -0.2) is 48.9 Å². The molecule has 1 aliphatic heterocycles. The number of rotatable bonds is 4. The molecule has 2 fully saturated rings. The van der Waals surface area contributed by atoms with Crippen LogP contribution in [0.5, 0.6) is 0 Å². The SMILES string of the molecule is Cc1cc(F)c(N2CCN(C(=O)C3CCC3)CC2)cc1SCC(F)(F)F. The van der Waals surface area contributed by atoms with Crippen molar-refractivity contribution in [1.29, 1.82) is 0 Å². The number of benzene rings is 1. The van der Waals surface area contributed by atoms with Crippen LogP contribution in [0.3, 0.4) is 0 Å². The molecule has 8 heteroatoms. The molecule has 1 aromatic rings. The standard InChI is InChI=1S/C18H22F4N2OS/c1-12-9-14(19)15(10-16(12)26-11-18(20,21)22)23-5-7-24(8-6-23)17(25)13-3-2-4-13/h9-10,13H,2-8,11H2,1H3. The van der Waals surface area contributed by atoms with E-state index < -0.39 is 17.7 Å². The smallest absolute Gasteiger partial charge is 0.366 e. The maximum atomic E-state index is 14.4. The van der Waals surface area contributed by atoms with Gasteiger partial charge in [0.1, 0.15) is 5.82 Å². The summed E-state index contributed by atoms with van der Waals surface area (Å²) >= 11 is 0.678. The number of thioether (sulfide) groups is 1. The van der Waals surface area contributed by atoms with Crippen molar-refractivity contribution in [2.75, 3.05) is 36.8 Å². The number of nitrogens with zero attached hydrogens (tertiary/aromatic N) is 2. The minimum Gasteiger partial charge on any atom is -0.366 e. The summed E-state index contributed by atoms with van der Waals surface area (Å²) in [7, 11) is 0. The zero-order chi connectivity index (χ0) is 18.9. The topological polar surface area (TPSA) is 23.6 Å². The third kappa shape index (κ3) is 4.45. The van der Waals surface area contributed by atoms with Crippen molar-refractivity contribution in [3.63, 3.8) is 0 Å². The van der Waals surface area contributed by atoms with E-state index in [0.717, 1.165) is 19.3 Å². The fraction of sp³-hybridized carbons (Fsp3) is 0.611. The van der Waals surface area contributed by atoms with Gasteiger partial charge in [-0.2, -0.15) is 13.2 Å². The molecule has 1 amide bonds. The molecule has 0 radical (unpaired) electrons. The number of amides is 1. The van der Waals surface area contributed by atoms with Gasteiger partial charge in [-0.15, -0.1) is 11.8 Å². The van der Waals surface area contributed by atoms with Crippen LogP contribution in [0, 0.1) is 18.7 Å². The van der Waals surface area contributed by atoms with Gasteiger partial charge in [0.15, 0.2) is 0 Å². The fourth-order valence-corrected chi connectivity index (χ4v) is 4.08. The van der Waals surface area contributed by atoms with E-state index in [1.165, 1.54) is 12.1 Å². The molecule has 0 bridgehead atoms. The second-order valence-electron chi connectivity index (χ2n) is 6.91. The lowest BCUT2D eigenvalue weighted by molar-refractivity contribution is -0.138. The van der Waals surface area contributed by atoms with Gasteiger partial charge in [-0.05, 0) is 37.5 Å². The molecule has 144 valence electrons. The first-order chi connectivity index (χ1) is 12.2. The van der Waals surface area contributed by atoms with Gasteiger partial charge in [0.2, 0.25) is 5.91 Å². The predicted octanol–water partition coefficient (Wildman–Crippen LogP) is 4.24. The van der Waals surface area contributed by atoms with Crippen LogP contribution in [0.1, 0.15) is 24.8 Å². The number of hydrogen-bond donors (Lipinski definition) is 0. The van der Waals surface area contributed by atoms with Gasteiger partial charge in [0, 0.05) is 37.0 Å². The number of halogens is 4. The second kappa shape index (κ2) is 7.66. The van der Waals surface area contributed by atoms with E-state index in [1.54, 1.807) is 6.92 Å². The Morgan fingerprint density at radius 3 is 2.38 bits per heavy atom. The summed E-state index contributed by atoms with van der Waals surface area (Å²) in [4.78, 5) is 16.4. The molecule has 3 nitrogen and oxygen atoms in total. The molecule has 3 rings (SSSR count). The average molecular weight is 390 g/mol. The first-order valence-corrected chi connectivity index (χ1v) is 9.76. The minimum absolute atomic E-state index is 0.142. The summed E-state index contributed by atoms with van der Waals surface area (Å²) in [6, 6.07) is 2.80. The van der Waals surface area contributed by atoms with Crippen LogP contribution in [0.25, 0.3) is 0 Å². The van der Waals surface area contributed by atoms with E-state index in [0.29, 0.717) is 54.1 Å². The highest BCUT2D eigenvalue weighted by Crippen LogP contribution is 2.34. The molecule has 1 aliphatic carbocycles. The molecule has 0 N–H and O–H groups in total. The van der Waals surface area contributed by atoms with E-state index in [-0.39, 0.29) is 11.8 Å². The van der Waals surface area contributed by atoms with Crippen LogP contribution in [0.2, 0.25) is 0 Å². The Bertz CT molecular complexity index is 668. The van der Waals surface area contributed by atoms with Gasteiger partial charge < -0.3 is 9.80 Å². The van der Waals surface area contributed by atoms with Crippen LogP contribution >= 0.6 is 11.8 Å². The molecule has 0 aromatic heterocycles. The zero-order valence-electron chi connectivity index (χ0n) is 14.6. The Hall–Kier alpha value is -1.44. The summed E-state index contributed by atoms with van der Waals surface area (Å²) in [5, 5.41) is 0. The Labute approximate surface area is 154 Å². The lowest BCUT2D eigenvalue weighted by Gasteiger charge is -2.39. The van der Waals surface area contributed by atoms with Crippen molar-refractivity contribution in [2.45, 2.75) is 37.3 Å². The first kappa shape index (κ1) is 19.3. The summed E-state index contributed by atoms with van der Waals surface area (Å²) in [5.74, 6) is -1.11. The largest absolute Gasteiger partial charge is 0.398 e. The average Bonchev–Trinajstić information content (AvgIpc) is 2.52. The van der Waals surface area contributed by atoms with Gasteiger partial charge in [-0.25, -0.2) is 4.39 Å². The molecule has 0 unspecified atom stereocenters. The van der Waals surface area contributed by atoms with Gasteiger partial charge in [0.05, 0.1) is 11.4 Å². The number of piperazine rings is 1. The Morgan fingerprint density at radius 1 is 1.19 bits per heavy atom. The molecule has 1 saturated heterocycles. The van der Waals surface area contributed by atoms with Crippen LogP contribution in [-0.2, 0) is 4.79 Å². The van der Waals surface area contributed by atoms with Crippen molar-refractivity contribution in [3.8, 4) is 0 Å². The Morgan fingerprint density at radius 2 is 1.85 bits per heavy atom. The van der Waals surface area contributed by atoms with Crippen LogP contribution in [0.15, 0.2) is 17.0 Å². The molecule has 1 heterocycles. The highest BCUT2D eigenvalue weighted by molar-refractivity contribution is 7.99. The van der Waals surface area contributed by atoms with E-state index in [9.17, 15) is 22.4 Å². The molecule has 1 aromatic carbocycles. The molecular formula is C18H22F4N2OS. The summed E-state index contributed by atoms with van der Waals surface area (Å²) in [6.07, 6.45) is -1.26. The molecule has 1 saturated carbocycles. The van der Waals surface area contributed by atoms with E-state index in [4.69, 9.17) is 0 Å². The van der Waals surface area contributed by atoms with Crippen molar-refractivity contribution in [2.24, 2.45) is 5.92 Å². The van der Waals surface area contributed by atoms with Crippen molar-refractivity contribution in [3.05, 3.63) is 23.5 Å². The second-order valence-corrected chi connectivity index (χ2v) is 7.93. The van der Waals surface area contributed by atoms with Crippen LogP contribution < -0.4 is 4.90 Å². The molecular weight excluding hydrogens is 368 g/mol. The third-order valence-electron chi connectivity index (χ3n) is 5.02. The summed E-state index contributed by atoms with van der Waals surface area (Å²) in [5.41, 5.74) is 0.815. The van der Waals surface area contributed by atoms with Crippen molar-refractivity contribution < 1.29 is 22.4 Å². The van der Waals surface area contributed by atoms with E-state index >= 15 is 0 Å².